The highest BCUT2D eigenvalue weighted by molar-refractivity contribution is 14.1. The van der Waals surface area contributed by atoms with E-state index >= 15 is 0 Å². The SMILES string of the molecule is Cc1c([C@@H](C)Nc2nnc(C)c3cc4c(cc23)N(C2CC2)C(=O)C4(C)OCI)cccc1C(F)(F)CO. The van der Waals surface area contributed by atoms with E-state index < -0.39 is 18.1 Å². The second-order valence-corrected chi connectivity index (χ2v) is 10.6. The third kappa shape index (κ3) is 4.26. The normalized spacial score (nSPS) is 20.4. The minimum Gasteiger partial charge on any atom is -0.390 e. The highest BCUT2D eigenvalue weighted by atomic mass is 127. The fourth-order valence-electron chi connectivity index (χ4n) is 5.29. The molecule has 37 heavy (non-hydrogen) atoms. The molecule has 0 radical (unpaired) electrons. The van der Waals surface area contributed by atoms with Gasteiger partial charge in [0.2, 0.25) is 0 Å². The van der Waals surface area contributed by atoms with Crippen molar-refractivity contribution in [1.82, 2.24) is 10.2 Å². The minimum atomic E-state index is -3.33. The summed E-state index contributed by atoms with van der Waals surface area (Å²) in [7, 11) is 0. The summed E-state index contributed by atoms with van der Waals surface area (Å²) >= 11 is 2.11. The van der Waals surface area contributed by atoms with Crippen LogP contribution in [0.15, 0.2) is 30.3 Å². The number of nitrogens with one attached hydrogen (secondary N) is 1. The van der Waals surface area contributed by atoms with Gasteiger partial charge in [0.05, 0.1) is 22.0 Å². The van der Waals surface area contributed by atoms with Crippen LogP contribution in [0, 0.1) is 13.8 Å². The zero-order chi connectivity index (χ0) is 26.7. The molecule has 1 saturated carbocycles. The standard InChI is InChI=1S/C27H29F2IN4O3/c1-14-18(6-5-7-21(14)27(28,29)12-35)15(2)31-24-20-11-23-22(10-19(20)16(3)32-33-24)26(4,37-13-30)25(36)34(23)17-8-9-17/h5-7,10-11,15,17,35H,8-9,12-13H2,1-4H3,(H,31,33)/t15-,26?/m1/s1. The van der Waals surface area contributed by atoms with Crippen LogP contribution >= 0.6 is 22.6 Å². The summed E-state index contributed by atoms with van der Waals surface area (Å²) in [5.74, 6) is -2.89. The quantitative estimate of drug-likeness (QED) is 0.250. The second kappa shape index (κ2) is 9.39. The van der Waals surface area contributed by atoms with Gasteiger partial charge in [-0.2, -0.15) is 13.9 Å². The molecule has 1 aliphatic carbocycles. The molecule has 7 nitrogen and oxygen atoms in total. The lowest BCUT2D eigenvalue weighted by atomic mass is 9.93. The lowest BCUT2D eigenvalue weighted by Crippen LogP contribution is -2.41. The van der Waals surface area contributed by atoms with Gasteiger partial charge in [-0.3, -0.25) is 4.79 Å². The molecule has 1 aliphatic heterocycles. The van der Waals surface area contributed by atoms with Crippen LogP contribution in [0.3, 0.4) is 0 Å². The number of carbonyl (C=O) groups is 1. The van der Waals surface area contributed by atoms with Crippen LogP contribution in [-0.2, 0) is 21.1 Å². The third-order valence-corrected chi connectivity index (χ3v) is 7.84. The van der Waals surface area contributed by atoms with Crippen molar-refractivity contribution in [3.05, 3.63) is 58.3 Å². The van der Waals surface area contributed by atoms with E-state index in [1.54, 1.807) is 19.1 Å². The Morgan fingerprint density at radius 2 is 2.00 bits per heavy atom. The number of rotatable bonds is 8. The van der Waals surface area contributed by atoms with Crippen molar-refractivity contribution in [3.8, 4) is 0 Å². The molecule has 3 aromatic rings. The smallest absolute Gasteiger partial charge is 0.296 e. The first kappa shape index (κ1) is 26.2. The average molecular weight is 622 g/mol. The highest BCUT2D eigenvalue weighted by Gasteiger charge is 2.53. The maximum Gasteiger partial charge on any atom is 0.296 e. The van der Waals surface area contributed by atoms with E-state index in [2.05, 4.69) is 38.1 Å². The number of hydrogen-bond donors (Lipinski definition) is 2. The van der Waals surface area contributed by atoms with Gasteiger partial charge in [0, 0.05) is 27.9 Å². The molecule has 2 heterocycles. The van der Waals surface area contributed by atoms with E-state index in [1.165, 1.54) is 6.07 Å². The van der Waals surface area contributed by atoms with Gasteiger partial charge in [0.15, 0.2) is 11.4 Å². The van der Waals surface area contributed by atoms with Gasteiger partial charge >= 0.3 is 0 Å². The zero-order valence-electron chi connectivity index (χ0n) is 21.1. The molecule has 1 fully saturated rings. The van der Waals surface area contributed by atoms with Crippen molar-refractivity contribution in [1.29, 1.82) is 0 Å². The van der Waals surface area contributed by atoms with Crippen LogP contribution in [0.4, 0.5) is 20.3 Å². The van der Waals surface area contributed by atoms with Crippen LogP contribution < -0.4 is 10.2 Å². The van der Waals surface area contributed by atoms with E-state index in [0.29, 0.717) is 27.3 Å². The predicted octanol–water partition coefficient (Wildman–Crippen LogP) is 5.64. The number of fused-ring (bicyclic) bond motifs is 2. The topological polar surface area (TPSA) is 87.6 Å². The van der Waals surface area contributed by atoms with Crippen molar-refractivity contribution in [2.75, 3.05) is 21.4 Å². The molecule has 2 aliphatic rings. The summed E-state index contributed by atoms with van der Waals surface area (Å²) in [6, 6.07) is 8.42. The first-order valence-corrected chi connectivity index (χ1v) is 13.8. The number of halogens is 3. The van der Waals surface area contributed by atoms with Gasteiger partial charge in [-0.05, 0) is 63.8 Å². The van der Waals surface area contributed by atoms with Crippen molar-refractivity contribution >= 4 is 50.8 Å². The molecule has 1 amide bonds. The van der Waals surface area contributed by atoms with Crippen LogP contribution in [0.2, 0.25) is 0 Å². The summed E-state index contributed by atoms with van der Waals surface area (Å²) in [6.07, 6.45) is 1.90. The van der Waals surface area contributed by atoms with Crippen LogP contribution in [-0.4, -0.2) is 38.5 Å². The number of aromatic nitrogens is 2. The van der Waals surface area contributed by atoms with E-state index in [4.69, 9.17) is 4.74 Å². The summed E-state index contributed by atoms with van der Waals surface area (Å²) in [5, 5.41) is 22.9. The zero-order valence-corrected chi connectivity index (χ0v) is 23.3. The number of alkyl halides is 3. The maximum absolute atomic E-state index is 14.3. The van der Waals surface area contributed by atoms with Gasteiger partial charge in [-0.25, -0.2) is 0 Å². The third-order valence-electron chi connectivity index (χ3n) is 7.52. The number of aliphatic hydroxyl groups excluding tert-OH is 1. The van der Waals surface area contributed by atoms with Crippen molar-refractivity contribution in [3.63, 3.8) is 0 Å². The highest BCUT2D eigenvalue weighted by Crippen LogP contribution is 2.49. The number of aliphatic hydroxyl groups is 1. The molecular formula is C27H29F2IN4O3. The number of nitrogens with zero attached hydrogens (tertiary/aromatic N) is 3. The van der Waals surface area contributed by atoms with Gasteiger partial charge in [0.25, 0.3) is 11.8 Å². The Balaban J connectivity index is 1.60. The van der Waals surface area contributed by atoms with Crippen LogP contribution in [0.1, 0.15) is 60.7 Å². The first-order chi connectivity index (χ1) is 17.5. The average Bonchev–Trinajstić information content (AvgIpc) is 3.67. The monoisotopic (exact) mass is 622 g/mol. The number of benzene rings is 2. The van der Waals surface area contributed by atoms with Crippen molar-refractivity contribution in [2.24, 2.45) is 0 Å². The van der Waals surface area contributed by atoms with Crippen molar-refractivity contribution in [2.45, 2.75) is 64.1 Å². The molecule has 0 bridgehead atoms. The lowest BCUT2D eigenvalue weighted by molar-refractivity contribution is -0.138. The summed E-state index contributed by atoms with van der Waals surface area (Å²) in [5.41, 5.74) is 2.15. The van der Waals surface area contributed by atoms with Crippen molar-refractivity contribution < 1.29 is 23.4 Å². The largest absolute Gasteiger partial charge is 0.390 e. The van der Waals surface area contributed by atoms with Gasteiger partial charge in [-0.15, -0.1) is 5.10 Å². The number of amides is 1. The fourth-order valence-corrected chi connectivity index (χ4v) is 5.91. The first-order valence-electron chi connectivity index (χ1n) is 12.2. The molecule has 5 rings (SSSR count). The molecule has 2 atom stereocenters. The number of hydrogen-bond acceptors (Lipinski definition) is 6. The number of aryl methyl sites for hydroxylation is 1. The molecular weight excluding hydrogens is 593 g/mol. The molecule has 2 N–H and O–H groups in total. The molecule has 1 aromatic heterocycles. The van der Waals surface area contributed by atoms with E-state index in [-0.39, 0.29) is 23.6 Å². The summed E-state index contributed by atoms with van der Waals surface area (Å²) in [6.45, 7) is 5.94. The summed E-state index contributed by atoms with van der Waals surface area (Å²) < 4.78 is 35.0. The van der Waals surface area contributed by atoms with E-state index in [0.717, 1.165) is 34.9 Å². The molecule has 10 heteroatoms. The Morgan fingerprint density at radius 3 is 2.65 bits per heavy atom. The van der Waals surface area contributed by atoms with Crippen LogP contribution in [0.25, 0.3) is 10.8 Å². The Morgan fingerprint density at radius 1 is 1.27 bits per heavy atom. The maximum atomic E-state index is 14.3. The predicted molar refractivity (Wildman–Crippen MR) is 146 cm³/mol. The minimum absolute atomic E-state index is 0.0596. The molecule has 196 valence electrons. The summed E-state index contributed by atoms with van der Waals surface area (Å²) in [4.78, 5) is 15.4. The Kier molecular flexibility index (Phi) is 6.64. The van der Waals surface area contributed by atoms with E-state index in [1.807, 2.05) is 37.8 Å². The van der Waals surface area contributed by atoms with Gasteiger partial charge in [-0.1, -0.05) is 40.8 Å². The molecule has 0 saturated heterocycles. The van der Waals surface area contributed by atoms with Gasteiger partial charge in [0.1, 0.15) is 6.61 Å². The molecule has 2 aromatic carbocycles. The second-order valence-electron chi connectivity index (χ2n) is 9.99. The fraction of sp³-hybridized carbons (Fsp3) is 0.444. The van der Waals surface area contributed by atoms with E-state index in [9.17, 15) is 18.7 Å². The lowest BCUT2D eigenvalue weighted by Gasteiger charge is -2.24. The Hall–Kier alpha value is -2.44. The van der Waals surface area contributed by atoms with Crippen LogP contribution in [0.5, 0.6) is 0 Å². The Bertz CT molecular complexity index is 1400. The number of ether oxygens (including phenoxy) is 1. The number of carbonyl (C=O) groups excluding carboxylic acids is 1. The van der Waals surface area contributed by atoms with Gasteiger partial charge < -0.3 is 20.1 Å². The molecule has 1 unspecified atom stereocenters. The number of anilines is 2. The molecule has 0 spiro atoms. The Labute approximate surface area is 227 Å².